The van der Waals surface area contributed by atoms with E-state index < -0.39 is 10.0 Å². The monoisotopic (exact) mass is 395 g/mol. The van der Waals surface area contributed by atoms with Gasteiger partial charge in [0.05, 0.1) is 21.5 Å². The lowest BCUT2D eigenvalue weighted by Gasteiger charge is -2.15. The first kappa shape index (κ1) is 16.1. The Bertz CT molecular complexity index is 667. The number of aromatic nitrogens is 1. The van der Waals surface area contributed by atoms with Crippen molar-refractivity contribution in [1.29, 1.82) is 0 Å². The van der Waals surface area contributed by atoms with Crippen LogP contribution in [-0.4, -0.2) is 31.8 Å². The predicted molar refractivity (Wildman–Crippen MR) is 85.5 cm³/mol. The minimum atomic E-state index is -3.51. The molecule has 5 nitrogen and oxygen atoms in total. The van der Waals surface area contributed by atoms with Gasteiger partial charge in [-0.05, 0) is 29.0 Å². The highest BCUT2D eigenvalue weighted by Crippen LogP contribution is 2.33. The Hall–Kier alpha value is -0.320. The molecule has 20 heavy (non-hydrogen) atoms. The number of rotatable bonds is 6. The third-order valence-corrected chi connectivity index (χ3v) is 7.30. The van der Waals surface area contributed by atoms with Crippen LogP contribution in [0.3, 0.4) is 0 Å². The summed E-state index contributed by atoms with van der Waals surface area (Å²) in [5, 5.41) is 4.86. The summed E-state index contributed by atoms with van der Waals surface area (Å²) in [5.74, 6) is 0. The topological polar surface area (TPSA) is 62.3 Å². The summed E-state index contributed by atoms with van der Waals surface area (Å²) in [6, 6.07) is 1.71. The smallest absolute Gasteiger partial charge is 0.245 e. The zero-order valence-electron chi connectivity index (χ0n) is 11.0. The number of thiazole rings is 1. The van der Waals surface area contributed by atoms with Gasteiger partial charge in [0.25, 0.3) is 0 Å². The van der Waals surface area contributed by atoms with Crippen LogP contribution in [0.1, 0.15) is 10.6 Å². The molecule has 0 atom stereocenters. The average Bonchev–Trinajstić information content (AvgIpc) is 2.99. The lowest BCUT2D eigenvalue weighted by Crippen LogP contribution is -2.26. The Morgan fingerprint density at radius 3 is 2.85 bits per heavy atom. The van der Waals surface area contributed by atoms with Crippen LogP contribution in [0.4, 0.5) is 0 Å². The Kier molecular flexibility index (Phi) is 5.32. The maximum absolute atomic E-state index is 12.6. The van der Waals surface area contributed by atoms with Gasteiger partial charge in [-0.15, -0.1) is 22.7 Å². The number of halogens is 1. The van der Waals surface area contributed by atoms with E-state index in [0.29, 0.717) is 15.2 Å². The van der Waals surface area contributed by atoms with E-state index in [1.165, 1.54) is 27.0 Å². The summed E-state index contributed by atoms with van der Waals surface area (Å²) in [6.45, 7) is 0.921. The van der Waals surface area contributed by atoms with Crippen molar-refractivity contribution in [1.82, 2.24) is 14.6 Å². The minimum Gasteiger partial charge on any atom is -0.315 e. The highest BCUT2D eigenvalue weighted by Gasteiger charge is 2.26. The molecule has 0 aliphatic carbocycles. The Morgan fingerprint density at radius 2 is 2.25 bits per heavy atom. The van der Waals surface area contributed by atoms with Gasteiger partial charge >= 0.3 is 0 Å². The fourth-order valence-electron chi connectivity index (χ4n) is 1.63. The first-order valence-electron chi connectivity index (χ1n) is 5.71. The van der Waals surface area contributed by atoms with Crippen LogP contribution in [-0.2, 0) is 23.1 Å². The van der Waals surface area contributed by atoms with Crippen LogP contribution >= 0.6 is 38.6 Å². The Labute approximate surface area is 134 Å². The maximum Gasteiger partial charge on any atom is 0.245 e. The van der Waals surface area contributed by atoms with Crippen molar-refractivity contribution in [2.45, 2.75) is 18.0 Å². The zero-order valence-corrected chi connectivity index (χ0v) is 15.0. The normalized spacial score (nSPS) is 12.2. The van der Waals surface area contributed by atoms with E-state index in [9.17, 15) is 8.42 Å². The van der Waals surface area contributed by atoms with Gasteiger partial charge in [-0.3, -0.25) is 0 Å². The van der Waals surface area contributed by atoms with Crippen molar-refractivity contribution in [3.8, 4) is 0 Å². The standard InChI is InChI=1S/C11H14BrN3O2S3/c1-13-4-9-3-10(11(12)19-9)20(16,17)15(2)5-8-6-18-7-14-8/h3,6-7,13H,4-5H2,1-2H3. The third-order valence-electron chi connectivity index (χ3n) is 2.61. The van der Waals surface area contributed by atoms with Gasteiger partial charge in [-0.25, -0.2) is 13.4 Å². The van der Waals surface area contributed by atoms with Crippen molar-refractivity contribution in [3.63, 3.8) is 0 Å². The molecule has 1 N–H and O–H groups in total. The molecule has 0 unspecified atom stereocenters. The molecule has 2 aromatic heterocycles. The molecule has 0 aliphatic rings. The maximum atomic E-state index is 12.6. The van der Waals surface area contributed by atoms with E-state index >= 15 is 0 Å². The molecule has 0 aliphatic heterocycles. The van der Waals surface area contributed by atoms with Crippen LogP contribution in [0.15, 0.2) is 25.6 Å². The van der Waals surface area contributed by atoms with Gasteiger partial charge in [0.1, 0.15) is 4.90 Å². The highest BCUT2D eigenvalue weighted by atomic mass is 79.9. The van der Waals surface area contributed by atoms with Crippen LogP contribution in [0.5, 0.6) is 0 Å². The van der Waals surface area contributed by atoms with Crippen molar-refractivity contribution in [2.24, 2.45) is 0 Å². The number of thiophene rings is 1. The number of nitrogens with zero attached hydrogens (tertiary/aromatic N) is 2. The van der Waals surface area contributed by atoms with E-state index in [1.807, 2.05) is 12.4 Å². The Balaban J connectivity index is 2.25. The van der Waals surface area contributed by atoms with Gasteiger partial charge in [-0.1, -0.05) is 0 Å². The molecule has 0 aromatic carbocycles. The van der Waals surface area contributed by atoms with E-state index in [2.05, 4.69) is 26.2 Å². The molecule has 2 heterocycles. The second-order valence-corrected chi connectivity index (χ2v) is 9.31. The molecular weight excluding hydrogens is 382 g/mol. The van der Waals surface area contributed by atoms with Crippen LogP contribution < -0.4 is 5.32 Å². The summed E-state index contributed by atoms with van der Waals surface area (Å²) in [7, 11) is -0.114. The van der Waals surface area contributed by atoms with Gasteiger partial charge in [0, 0.05) is 23.8 Å². The number of sulfonamides is 1. The van der Waals surface area contributed by atoms with Gasteiger partial charge in [-0.2, -0.15) is 4.31 Å². The molecule has 110 valence electrons. The van der Waals surface area contributed by atoms with Crippen molar-refractivity contribution >= 4 is 48.6 Å². The summed E-state index contributed by atoms with van der Waals surface area (Å²) >= 11 is 6.22. The quantitative estimate of drug-likeness (QED) is 0.815. The lowest BCUT2D eigenvalue weighted by atomic mass is 10.5. The number of hydrogen-bond acceptors (Lipinski definition) is 6. The molecule has 0 saturated heterocycles. The molecule has 9 heteroatoms. The van der Waals surface area contributed by atoms with E-state index in [0.717, 1.165) is 10.6 Å². The molecular formula is C11H14BrN3O2S3. The predicted octanol–water partition coefficient (Wildman–Crippen LogP) is 2.51. The summed E-state index contributed by atoms with van der Waals surface area (Å²) in [4.78, 5) is 5.40. The second-order valence-electron chi connectivity index (χ2n) is 4.12. The van der Waals surface area contributed by atoms with Crippen LogP contribution in [0.25, 0.3) is 0 Å². The molecule has 2 rings (SSSR count). The Morgan fingerprint density at radius 1 is 1.50 bits per heavy atom. The molecule has 0 fully saturated rings. The van der Waals surface area contributed by atoms with E-state index in [4.69, 9.17) is 0 Å². The SMILES string of the molecule is CNCc1cc(S(=O)(=O)N(C)Cc2cscn2)c(Br)s1. The first-order valence-corrected chi connectivity index (χ1v) is 9.70. The fraction of sp³-hybridized carbons (Fsp3) is 0.364. The molecule has 0 saturated carbocycles. The minimum absolute atomic E-state index is 0.273. The van der Waals surface area contributed by atoms with Gasteiger partial charge in [0.2, 0.25) is 10.0 Å². The summed E-state index contributed by atoms with van der Waals surface area (Å²) in [5.41, 5.74) is 2.45. The van der Waals surface area contributed by atoms with Gasteiger partial charge in [0.15, 0.2) is 0 Å². The fourth-order valence-corrected chi connectivity index (χ4v) is 5.96. The van der Waals surface area contributed by atoms with Crippen molar-refractivity contribution < 1.29 is 8.42 Å². The summed E-state index contributed by atoms with van der Waals surface area (Å²) in [6.07, 6.45) is 0. The van der Waals surface area contributed by atoms with Crippen LogP contribution in [0, 0.1) is 0 Å². The number of nitrogens with one attached hydrogen (secondary N) is 1. The second kappa shape index (κ2) is 6.63. The molecule has 0 spiro atoms. The zero-order chi connectivity index (χ0) is 14.8. The van der Waals surface area contributed by atoms with E-state index in [-0.39, 0.29) is 6.54 Å². The lowest BCUT2D eigenvalue weighted by molar-refractivity contribution is 0.463. The van der Waals surface area contributed by atoms with Crippen molar-refractivity contribution in [2.75, 3.05) is 14.1 Å². The van der Waals surface area contributed by atoms with Crippen molar-refractivity contribution in [3.05, 3.63) is 31.3 Å². The molecule has 2 aromatic rings. The highest BCUT2D eigenvalue weighted by molar-refractivity contribution is 9.11. The average molecular weight is 396 g/mol. The molecule has 0 bridgehead atoms. The first-order chi connectivity index (χ1) is 9.45. The molecule has 0 radical (unpaired) electrons. The van der Waals surface area contributed by atoms with E-state index in [1.54, 1.807) is 18.6 Å². The third kappa shape index (κ3) is 3.46. The largest absolute Gasteiger partial charge is 0.315 e. The van der Waals surface area contributed by atoms with Crippen LogP contribution in [0.2, 0.25) is 0 Å². The number of hydrogen-bond donors (Lipinski definition) is 1. The molecule has 0 amide bonds. The summed E-state index contributed by atoms with van der Waals surface area (Å²) < 4.78 is 27.1. The van der Waals surface area contributed by atoms with Gasteiger partial charge < -0.3 is 5.32 Å².